The van der Waals surface area contributed by atoms with E-state index in [1.807, 2.05) is 0 Å². The van der Waals surface area contributed by atoms with Crippen molar-refractivity contribution in [2.75, 3.05) is 19.6 Å². The molecular formula is C19H28BN2O3. The van der Waals surface area contributed by atoms with Crippen molar-refractivity contribution in [1.29, 1.82) is 0 Å². The van der Waals surface area contributed by atoms with E-state index in [1.54, 1.807) is 0 Å². The average molecular weight is 343 g/mol. The summed E-state index contributed by atoms with van der Waals surface area (Å²) >= 11 is 0. The number of likely N-dealkylation sites (tertiary alicyclic amines) is 1. The lowest BCUT2D eigenvalue weighted by Crippen LogP contribution is -2.49. The maximum atomic E-state index is 11.6. The second kappa shape index (κ2) is 8.83. The molecular weight excluding hydrogens is 315 g/mol. The van der Waals surface area contributed by atoms with Crippen LogP contribution < -0.4 is 5.32 Å². The zero-order valence-corrected chi connectivity index (χ0v) is 14.7. The largest absolute Gasteiger partial charge is 0.480 e. The maximum Gasteiger partial charge on any atom is 0.320 e. The van der Waals surface area contributed by atoms with Crippen molar-refractivity contribution in [2.45, 2.75) is 50.5 Å². The monoisotopic (exact) mass is 343 g/mol. The number of nitrogens with one attached hydrogen (secondary N) is 1. The van der Waals surface area contributed by atoms with Gasteiger partial charge in [-0.05, 0) is 68.8 Å². The van der Waals surface area contributed by atoms with Crippen LogP contribution in [0, 0.1) is 5.92 Å². The molecule has 0 amide bonds. The summed E-state index contributed by atoms with van der Waals surface area (Å²) in [6.07, 6.45) is 5.48. The first-order chi connectivity index (χ1) is 12.2. The van der Waals surface area contributed by atoms with Gasteiger partial charge in [0.15, 0.2) is 0 Å². The molecule has 0 bridgehead atoms. The summed E-state index contributed by atoms with van der Waals surface area (Å²) in [6, 6.07) is 8.80. The third-order valence-corrected chi connectivity index (χ3v) is 5.73. The summed E-state index contributed by atoms with van der Waals surface area (Å²) in [5.41, 5.74) is 2.95. The highest BCUT2D eigenvalue weighted by molar-refractivity contribution is 6.25. The smallest absolute Gasteiger partial charge is 0.320 e. The molecule has 1 atom stereocenters. The van der Waals surface area contributed by atoms with Gasteiger partial charge in [-0.25, -0.2) is 0 Å². The van der Waals surface area contributed by atoms with Crippen LogP contribution >= 0.6 is 0 Å². The van der Waals surface area contributed by atoms with Crippen LogP contribution in [0.5, 0.6) is 0 Å². The molecule has 6 heteroatoms. The van der Waals surface area contributed by atoms with Crippen LogP contribution in [-0.2, 0) is 17.6 Å². The number of benzene rings is 1. The number of rotatable bonds is 8. The van der Waals surface area contributed by atoms with E-state index in [4.69, 9.17) is 5.02 Å². The number of carboxylic acid groups (broad SMARTS) is 1. The molecule has 25 heavy (non-hydrogen) atoms. The van der Waals surface area contributed by atoms with Crippen LogP contribution in [0.25, 0.3) is 0 Å². The molecule has 1 aliphatic heterocycles. The van der Waals surface area contributed by atoms with Gasteiger partial charge in [-0.3, -0.25) is 9.69 Å². The number of piperidine rings is 1. The Kier molecular flexibility index (Phi) is 6.51. The number of aliphatic carboxylic acids is 1. The zero-order valence-electron chi connectivity index (χ0n) is 14.7. The number of hydrogen-bond acceptors (Lipinski definition) is 4. The molecule has 0 saturated carbocycles. The Balaban J connectivity index is 1.48. The van der Waals surface area contributed by atoms with Crippen LogP contribution in [0.4, 0.5) is 0 Å². The van der Waals surface area contributed by atoms with Gasteiger partial charge in [0.05, 0.1) is 0 Å². The Morgan fingerprint density at radius 1 is 1.24 bits per heavy atom. The maximum absolute atomic E-state index is 11.6. The average Bonchev–Trinajstić information content (AvgIpc) is 3.06. The second-order valence-corrected chi connectivity index (χ2v) is 7.30. The van der Waals surface area contributed by atoms with Crippen LogP contribution in [0.15, 0.2) is 24.3 Å². The van der Waals surface area contributed by atoms with Crippen molar-refractivity contribution < 1.29 is 14.9 Å². The van der Waals surface area contributed by atoms with Crippen LogP contribution in [0.3, 0.4) is 0 Å². The summed E-state index contributed by atoms with van der Waals surface area (Å²) in [7, 11) is 1.13. The minimum absolute atomic E-state index is 0.190. The van der Waals surface area contributed by atoms with Crippen LogP contribution in [0.1, 0.15) is 30.4 Å². The fourth-order valence-electron chi connectivity index (χ4n) is 4.32. The topological polar surface area (TPSA) is 72.8 Å². The molecule has 0 spiro atoms. The van der Waals surface area contributed by atoms with E-state index < -0.39 is 12.0 Å². The molecule has 0 aromatic heterocycles. The molecule has 1 radical (unpaired) electrons. The highest BCUT2D eigenvalue weighted by Gasteiger charge is 2.34. The predicted molar refractivity (Wildman–Crippen MR) is 98.8 cm³/mol. The standard InChI is InChI=1S/C19H28BN2O3/c23-19(24)18(21-9-3-8-20-25)14-6-10-22(11-7-14)17-12-15-4-1-2-5-16(15)13-17/h1-2,4-5,14,17-18,21,25H,3,6-13H2,(H,23,24). The van der Waals surface area contributed by atoms with Crippen LogP contribution in [0.2, 0.25) is 6.32 Å². The van der Waals surface area contributed by atoms with Gasteiger partial charge in [-0.1, -0.05) is 30.6 Å². The first-order valence-electron chi connectivity index (χ1n) is 9.42. The molecule has 3 N–H and O–H groups in total. The Morgan fingerprint density at radius 2 is 1.88 bits per heavy atom. The molecule has 1 heterocycles. The first kappa shape index (κ1) is 18.4. The molecule has 1 aliphatic carbocycles. The van der Waals surface area contributed by atoms with E-state index in [1.165, 1.54) is 11.1 Å². The van der Waals surface area contributed by atoms with Gasteiger partial charge < -0.3 is 15.4 Å². The number of carboxylic acids is 1. The lowest BCUT2D eigenvalue weighted by Gasteiger charge is -2.38. The second-order valence-electron chi connectivity index (χ2n) is 7.30. The van der Waals surface area contributed by atoms with Gasteiger partial charge in [-0.2, -0.15) is 0 Å². The highest BCUT2D eigenvalue weighted by Crippen LogP contribution is 2.29. The molecule has 1 unspecified atom stereocenters. The fourth-order valence-corrected chi connectivity index (χ4v) is 4.32. The SMILES string of the molecule is O=C(O)C(NCCC[B]O)C1CCN(C2Cc3ccccc3C2)CC1. The van der Waals surface area contributed by atoms with E-state index in [2.05, 4.69) is 34.5 Å². The third kappa shape index (κ3) is 4.63. The molecule has 2 aliphatic rings. The molecule has 1 aromatic rings. The van der Waals surface area contributed by atoms with E-state index in [0.717, 1.165) is 52.7 Å². The normalized spacial score (nSPS) is 20.4. The van der Waals surface area contributed by atoms with E-state index in [-0.39, 0.29) is 5.92 Å². The van der Waals surface area contributed by atoms with Crippen molar-refractivity contribution in [3.8, 4) is 0 Å². The summed E-state index contributed by atoms with van der Waals surface area (Å²) in [5.74, 6) is -0.560. The van der Waals surface area contributed by atoms with Gasteiger partial charge in [0, 0.05) is 6.04 Å². The predicted octanol–water partition coefficient (Wildman–Crippen LogP) is 1.33. The van der Waals surface area contributed by atoms with E-state index in [9.17, 15) is 9.90 Å². The van der Waals surface area contributed by atoms with Crippen molar-refractivity contribution in [3.63, 3.8) is 0 Å². The van der Waals surface area contributed by atoms with Crippen molar-refractivity contribution in [3.05, 3.63) is 35.4 Å². The van der Waals surface area contributed by atoms with Gasteiger partial charge >= 0.3 is 5.97 Å². The molecule has 135 valence electrons. The van der Waals surface area contributed by atoms with Gasteiger partial charge in [0.25, 0.3) is 7.48 Å². The minimum Gasteiger partial charge on any atom is -0.480 e. The van der Waals surface area contributed by atoms with Crippen LogP contribution in [-0.4, -0.2) is 60.2 Å². The summed E-state index contributed by atoms with van der Waals surface area (Å²) in [5, 5.41) is 21.4. The number of hydrogen-bond donors (Lipinski definition) is 3. The quantitative estimate of drug-likeness (QED) is 0.491. The van der Waals surface area contributed by atoms with E-state index in [0.29, 0.717) is 18.9 Å². The van der Waals surface area contributed by atoms with Crippen molar-refractivity contribution in [2.24, 2.45) is 5.92 Å². The summed E-state index contributed by atoms with van der Waals surface area (Å²) < 4.78 is 0. The Labute approximate surface area is 150 Å². The Hall–Kier alpha value is -1.37. The van der Waals surface area contributed by atoms with Gasteiger partial charge in [-0.15, -0.1) is 0 Å². The van der Waals surface area contributed by atoms with Gasteiger partial charge in [0.1, 0.15) is 6.04 Å². The first-order valence-corrected chi connectivity index (χ1v) is 9.42. The molecule has 5 nitrogen and oxygen atoms in total. The molecule has 3 rings (SSSR count). The molecule has 1 saturated heterocycles. The fraction of sp³-hybridized carbons (Fsp3) is 0.632. The Bertz CT molecular complexity index is 551. The van der Waals surface area contributed by atoms with Crippen molar-refractivity contribution in [1.82, 2.24) is 10.2 Å². The minimum atomic E-state index is -0.750. The van der Waals surface area contributed by atoms with Gasteiger partial charge in [0.2, 0.25) is 0 Å². The zero-order chi connectivity index (χ0) is 17.6. The summed E-state index contributed by atoms with van der Waals surface area (Å²) in [4.78, 5) is 14.2. The third-order valence-electron chi connectivity index (χ3n) is 5.73. The lowest BCUT2D eigenvalue weighted by atomic mass is 9.88. The number of nitrogens with zero attached hydrogens (tertiary/aromatic N) is 1. The Morgan fingerprint density at radius 3 is 2.44 bits per heavy atom. The lowest BCUT2D eigenvalue weighted by molar-refractivity contribution is -0.141. The van der Waals surface area contributed by atoms with E-state index >= 15 is 0 Å². The molecule has 1 aromatic carbocycles. The summed E-state index contributed by atoms with van der Waals surface area (Å²) in [6.45, 7) is 2.60. The van der Waals surface area contributed by atoms with Crippen molar-refractivity contribution >= 4 is 13.5 Å². The number of fused-ring (bicyclic) bond motifs is 1. The number of carbonyl (C=O) groups is 1. The molecule has 1 fully saturated rings. The highest BCUT2D eigenvalue weighted by atomic mass is 16.4.